The first-order valence-corrected chi connectivity index (χ1v) is 11.9. The van der Waals surface area contributed by atoms with E-state index in [2.05, 4.69) is 24.0 Å². The van der Waals surface area contributed by atoms with Gasteiger partial charge in [0.15, 0.2) is 5.78 Å². The van der Waals surface area contributed by atoms with Gasteiger partial charge in [0.1, 0.15) is 16.5 Å². The molecule has 3 aromatic carbocycles. The highest BCUT2D eigenvalue weighted by atomic mass is 32.1. The number of hydrogen-bond donors (Lipinski definition) is 1. The number of aliphatic imine (C=N–C) groups is 1. The lowest BCUT2D eigenvalue weighted by atomic mass is 9.83. The number of rotatable bonds is 5. The van der Waals surface area contributed by atoms with Crippen LogP contribution in [0.4, 0.5) is 5.69 Å². The molecule has 1 aliphatic rings. The van der Waals surface area contributed by atoms with Crippen LogP contribution in [0.3, 0.4) is 0 Å². The van der Waals surface area contributed by atoms with Gasteiger partial charge in [0.05, 0.1) is 28.6 Å². The summed E-state index contributed by atoms with van der Waals surface area (Å²) in [4.78, 5) is 21.9. The zero-order chi connectivity index (χ0) is 23.7. The summed E-state index contributed by atoms with van der Waals surface area (Å²) < 4.78 is 6.36. The fourth-order valence-corrected chi connectivity index (χ4v) is 5.22. The third kappa shape index (κ3) is 4.50. The minimum absolute atomic E-state index is 0.0487. The zero-order valence-electron chi connectivity index (χ0n) is 19.0. The van der Waals surface area contributed by atoms with Gasteiger partial charge in [-0.2, -0.15) is 0 Å². The number of aliphatic hydroxyl groups is 1. The van der Waals surface area contributed by atoms with E-state index in [-0.39, 0.29) is 23.0 Å². The van der Waals surface area contributed by atoms with Crippen molar-refractivity contribution in [2.24, 2.45) is 4.99 Å². The predicted molar refractivity (Wildman–Crippen MR) is 138 cm³/mol. The summed E-state index contributed by atoms with van der Waals surface area (Å²) in [5, 5.41) is 11.5. The van der Waals surface area contributed by atoms with Crippen LogP contribution in [0.25, 0.3) is 20.8 Å². The number of ketones is 1. The average molecular weight is 469 g/mol. The third-order valence-corrected chi connectivity index (χ3v) is 7.14. The molecule has 1 aliphatic carbocycles. The van der Waals surface area contributed by atoms with Crippen LogP contribution in [-0.4, -0.2) is 29.2 Å². The monoisotopic (exact) mass is 468 g/mol. The normalized spacial score (nSPS) is 16.5. The van der Waals surface area contributed by atoms with E-state index < -0.39 is 0 Å². The molecule has 1 atom stereocenters. The maximum Gasteiger partial charge on any atom is 0.168 e. The fraction of sp³-hybridized carbons (Fsp3) is 0.179. The Morgan fingerprint density at radius 2 is 1.82 bits per heavy atom. The van der Waals surface area contributed by atoms with Gasteiger partial charge in [0, 0.05) is 24.6 Å². The molecule has 0 radical (unpaired) electrons. The highest BCUT2D eigenvalue weighted by Crippen LogP contribution is 2.34. The molecule has 1 unspecified atom stereocenters. The number of aliphatic hydroxyl groups excluding tert-OH is 1. The molecular weight excluding hydrogens is 444 g/mol. The Kier molecular flexibility index (Phi) is 5.99. The van der Waals surface area contributed by atoms with Gasteiger partial charge in [-0.3, -0.25) is 9.79 Å². The van der Waals surface area contributed by atoms with Crippen LogP contribution >= 0.6 is 11.3 Å². The number of nitrogens with zero attached hydrogens (tertiary/aromatic N) is 2. The summed E-state index contributed by atoms with van der Waals surface area (Å²) in [6, 6.07) is 21.6. The smallest absolute Gasteiger partial charge is 0.168 e. The number of carbonyl (C=O) groups excluding carboxylic acids is 1. The molecule has 5 rings (SSSR count). The van der Waals surface area contributed by atoms with Gasteiger partial charge >= 0.3 is 0 Å². The summed E-state index contributed by atoms with van der Waals surface area (Å²) in [6.07, 6.45) is 2.24. The number of allylic oxidation sites excluding steroid dienone is 2. The van der Waals surface area contributed by atoms with E-state index >= 15 is 0 Å². The minimum Gasteiger partial charge on any atom is -0.511 e. The van der Waals surface area contributed by atoms with Crippen molar-refractivity contribution in [1.29, 1.82) is 0 Å². The molecule has 1 heterocycles. The van der Waals surface area contributed by atoms with Gasteiger partial charge in [-0.25, -0.2) is 4.98 Å². The van der Waals surface area contributed by atoms with Crippen LogP contribution in [0.2, 0.25) is 0 Å². The number of hydrogen-bond acceptors (Lipinski definition) is 6. The SMILES string of the molecule is COc1ccc(C2CC(=O)C(C=Nc3ccc(-c4nc5ccc(C)cc5s4)cc3)=C(O)C2)cc1. The van der Waals surface area contributed by atoms with Gasteiger partial charge in [0.25, 0.3) is 0 Å². The van der Waals surface area contributed by atoms with Crippen molar-refractivity contribution in [3.8, 4) is 16.3 Å². The molecule has 0 fully saturated rings. The molecule has 1 N–H and O–H groups in total. The van der Waals surface area contributed by atoms with Crippen molar-refractivity contribution < 1.29 is 14.6 Å². The van der Waals surface area contributed by atoms with Crippen molar-refractivity contribution in [3.63, 3.8) is 0 Å². The fourth-order valence-electron chi connectivity index (χ4n) is 4.15. The first-order chi connectivity index (χ1) is 16.5. The number of carbonyl (C=O) groups is 1. The predicted octanol–water partition coefficient (Wildman–Crippen LogP) is 6.94. The Morgan fingerprint density at radius 1 is 1.06 bits per heavy atom. The molecule has 34 heavy (non-hydrogen) atoms. The maximum atomic E-state index is 12.7. The summed E-state index contributed by atoms with van der Waals surface area (Å²) in [7, 11) is 1.62. The van der Waals surface area contributed by atoms with E-state index in [1.165, 1.54) is 16.5 Å². The van der Waals surface area contributed by atoms with Crippen LogP contribution < -0.4 is 4.74 Å². The first-order valence-electron chi connectivity index (χ1n) is 11.1. The van der Waals surface area contributed by atoms with Crippen LogP contribution in [0, 0.1) is 6.92 Å². The van der Waals surface area contributed by atoms with Crippen molar-refractivity contribution in [2.45, 2.75) is 25.7 Å². The highest BCUT2D eigenvalue weighted by Gasteiger charge is 2.27. The van der Waals surface area contributed by atoms with E-state index in [0.29, 0.717) is 18.5 Å². The number of aryl methyl sites for hydroxylation is 1. The Hall–Kier alpha value is -3.77. The lowest BCUT2D eigenvalue weighted by Crippen LogP contribution is -2.19. The maximum absolute atomic E-state index is 12.7. The Balaban J connectivity index is 1.31. The molecule has 6 heteroatoms. The minimum atomic E-state index is -0.102. The van der Waals surface area contributed by atoms with Crippen LogP contribution in [-0.2, 0) is 4.79 Å². The first kappa shape index (κ1) is 22.0. The molecule has 0 aliphatic heterocycles. The number of Topliss-reactive ketones (excluding diaryl/α,β-unsaturated/α-hetero) is 1. The average Bonchev–Trinajstić information content (AvgIpc) is 3.27. The van der Waals surface area contributed by atoms with Gasteiger partial charge in [0.2, 0.25) is 0 Å². The molecular formula is C28H24N2O3S. The molecule has 0 amide bonds. The molecule has 1 aromatic heterocycles. The molecule has 0 spiro atoms. The second kappa shape index (κ2) is 9.23. The van der Waals surface area contributed by atoms with E-state index in [0.717, 1.165) is 27.4 Å². The topological polar surface area (TPSA) is 71.8 Å². The highest BCUT2D eigenvalue weighted by molar-refractivity contribution is 7.21. The van der Waals surface area contributed by atoms with Gasteiger partial charge in [-0.1, -0.05) is 18.2 Å². The second-order valence-corrected chi connectivity index (χ2v) is 9.49. The lowest BCUT2D eigenvalue weighted by molar-refractivity contribution is -0.116. The molecule has 0 bridgehead atoms. The molecule has 170 valence electrons. The molecule has 4 aromatic rings. The van der Waals surface area contributed by atoms with Crippen LogP contribution in [0.1, 0.15) is 29.9 Å². The van der Waals surface area contributed by atoms with Crippen molar-refractivity contribution in [1.82, 2.24) is 4.98 Å². The van der Waals surface area contributed by atoms with E-state index in [9.17, 15) is 9.90 Å². The quantitative estimate of drug-likeness (QED) is 0.322. The van der Waals surface area contributed by atoms with E-state index in [4.69, 9.17) is 9.72 Å². The Morgan fingerprint density at radius 3 is 2.53 bits per heavy atom. The zero-order valence-corrected chi connectivity index (χ0v) is 19.8. The molecule has 5 nitrogen and oxygen atoms in total. The third-order valence-electron chi connectivity index (χ3n) is 6.07. The van der Waals surface area contributed by atoms with Gasteiger partial charge in [-0.15, -0.1) is 11.3 Å². The van der Waals surface area contributed by atoms with Crippen LogP contribution in [0.5, 0.6) is 5.75 Å². The van der Waals surface area contributed by atoms with Gasteiger partial charge < -0.3 is 9.84 Å². The number of aromatic nitrogens is 1. The largest absolute Gasteiger partial charge is 0.511 e. The van der Waals surface area contributed by atoms with E-state index in [1.54, 1.807) is 18.4 Å². The molecule has 0 saturated carbocycles. The number of benzene rings is 3. The Labute approximate surface area is 202 Å². The number of thiazole rings is 1. The van der Waals surface area contributed by atoms with Crippen molar-refractivity contribution in [3.05, 3.63) is 89.2 Å². The second-order valence-electron chi connectivity index (χ2n) is 8.46. The summed E-state index contributed by atoms with van der Waals surface area (Å²) in [5.74, 6) is 0.701. The van der Waals surface area contributed by atoms with E-state index in [1.807, 2.05) is 54.6 Å². The summed E-state index contributed by atoms with van der Waals surface area (Å²) in [5.41, 5.74) is 5.26. The standard InChI is InChI=1S/C28H24N2O3S/c1-17-3-12-24-27(13-17)34-28(30-24)19-4-8-21(9-5-19)29-16-23-25(31)14-20(15-26(23)32)18-6-10-22(33-2)11-7-18/h3-13,16,20,31H,14-15H2,1-2H3. The van der Waals surface area contributed by atoms with Crippen molar-refractivity contribution in [2.75, 3.05) is 7.11 Å². The molecule has 0 saturated heterocycles. The van der Waals surface area contributed by atoms with Crippen LogP contribution in [0.15, 0.2) is 83.1 Å². The number of ether oxygens (including phenoxy) is 1. The van der Waals surface area contributed by atoms with Gasteiger partial charge in [-0.05, 0) is 72.5 Å². The summed E-state index contributed by atoms with van der Waals surface area (Å²) >= 11 is 1.67. The Bertz CT molecular complexity index is 1420. The lowest BCUT2D eigenvalue weighted by Gasteiger charge is -2.22. The number of methoxy groups -OCH3 is 1. The van der Waals surface area contributed by atoms with Crippen molar-refractivity contribution >= 4 is 39.2 Å². The summed E-state index contributed by atoms with van der Waals surface area (Å²) in [6.45, 7) is 2.08. The number of fused-ring (bicyclic) bond motifs is 1.